The van der Waals surface area contributed by atoms with Gasteiger partial charge in [-0.2, -0.15) is 5.26 Å². The first kappa shape index (κ1) is 18.9. The summed E-state index contributed by atoms with van der Waals surface area (Å²) in [5, 5.41) is 13.9. The van der Waals surface area contributed by atoms with Crippen molar-refractivity contribution in [1.82, 2.24) is 4.57 Å². The number of carbonyl (C=O) groups excluding carboxylic acids is 1. The molecule has 1 aromatic heterocycles. The first-order valence-electron chi connectivity index (χ1n) is 8.49. The van der Waals surface area contributed by atoms with Crippen molar-refractivity contribution in [2.45, 2.75) is 13.5 Å². The number of aromatic nitrogens is 1. The molecule has 2 amide bonds. The lowest BCUT2D eigenvalue weighted by atomic mass is 10.2. The molecule has 6 nitrogen and oxygen atoms in total. The summed E-state index contributed by atoms with van der Waals surface area (Å²) < 4.78 is 15.3. The van der Waals surface area contributed by atoms with E-state index in [-0.39, 0.29) is 12.2 Å². The number of urea groups is 1. The Balaban J connectivity index is 1.79. The molecular weight excluding hydrogens is 359 g/mol. The number of hydrogen-bond donors (Lipinski definition) is 2. The van der Waals surface area contributed by atoms with E-state index in [4.69, 9.17) is 5.26 Å². The molecule has 0 aliphatic rings. The van der Waals surface area contributed by atoms with Gasteiger partial charge in [0.2, 0.25) is 0 Å². The van der Waals surface area contributed by atoms with Crippen LogP contribution in [0.4, 0.5) is 20.6 Å². The minimum Gasteiger partial charge on any atom is -0.309 e. The van der Waals surface area contributed by atoms with Crippen molar-refractivity contribution in [1.29, 1.82) is 5.26 Å². The van der Waals surface area contributed by atoms with Crippen molar-refractivity contribution < 1.29 is 9.18 Å². The highest BCUT2D eigenvalue weighted by Crippen LogP contribution is 2.12. The van der Waals surface area contributed by atoms with Gasteiger partial charge < -0.3 is 15.2 Å². The first-order valence-corrected chi connectivity index (χ1v) is 8.49. The third kappa shape index (κ3) is 4.43. The van der Waals surface area contributed by atoms with Gasteiger partial charge in [0.25, 0.3) is 5.56 Å². The maximum atomic E-state index is 13.9. The van der Waals surface area contributed by atoms with Crippen molar-refractivity contribution in [2.75, 3.05) is 10.6 Å². The van der Waals surface area contributed by atoms with Crippen LogP contribution in [0.3, 0.4) is 0 Å². The number of rotatable bonds is 4. The van der Waals surface area contributed by atoms with Crippen LogP contribution in [0.15, 0.2) is 65.6 Å². The van der Waals surface area contributed by atoms with Crippen LogP contribution in [0.2, 0.25) is 0 Å². The van der Waals surface area contributed by atoms with E-state index >= 15 is 0 Å². The summed E-state index contributed by atoms with van der Waals surface area (Å²) in [6, 6.07) is 15.5. The average molecular weight is 376 g/mol. The largest absolute Gasteiger partial charge is 0.323 e. The third-order valence-electron chi connectivity index (χ3n) is 4.04. The normalized spacial score (nSPS) is 10.2. The topological polar surface area (TPSA) is 86.9 Å². The van der Waals surface area contributed by atoms with Crippen LogP contribution in [0.5, 0.6) is 0 Å². The zero-order chi connectivity index (χ0) is 20.1. The lowest BCUT2D eigenvalue weighted by molar-refractivity contribution is 0.262. The predicted octanol–water partition coefficient (Wildman–Crippen LogP) is 3.86. The standard InChI is InChI=1S/C21H17FN4O2/c1-14-10-19(25-21(28)24-17-8-6-15(11-23)7-9-17)20(27)26(12-14)13-16-4-2-3-5-18(16)22/h2-10,12H,13H2,1H3,(H2,24,25,28). The lowest BCUT2D eigenvalue weighted by Gasteiger charge is -2.12. The van der Waals surface area contributed by atoms with Crippen LogP contribution in [0, 0.1) is 24.1 Å². The van der Waals surface area contributed by atoms with Gasteiger partial charge in [0.15, 0.2) is 0 Å². The van der Waals surface area contributed by atoms with Gasteiger partial charge in [-0.3, -0.25) is 4.79 Å². The third-order valence-corrected chi connectivity index (χ3v) is 4.04. The van der Waals surface area contributed by atoms with Crippen molar-refractivity contribution in [3.8, 4) is 6.07 Å². The summed E-state index contributed by atoms with van der Waals surface area (Å²) >= 11 is 0. The quantitative estimate of drug-likeness (QED) is 0.725. The Bertz CT molecular complexity index is 1110. The molecule has 0 bridgehead atoms. The van der Waals surface area contributed by atoms with E-state index in [0.29, 0.717) is 16.8 Å². The summed E-state index contributed by atoms with van der Waals surface area (Å²) in [5.41, 5.74) is 1.72. The van der Waals surface area contributed by atoms with Gasteiger partial charge in [-0.15, -0.1) is 0 Å². The zero-order valence-electron chi connectivity index (χ0n) is 15.1. The molecule has 28 heavy (non-hydrogen) atoms. The van der Waals surface area contributed by atoms with E-state index in [1.165, 1.54) is 10.6 Å². The van der Waals surface area contributed by atoms with E-state index < -0.39 is 17.4 Å². The summed E-state index contributed by atoms with van der Waals surface area (Å²) in [6.45, 7) is 1.83. The molecule has 3 rings (SSSR count). The number of pyridine rings is 1. The van der Waals surface area contributed by atoms with E-state index in [1.807, 2.05) is 6.07 Å². The number of nitrogens with zero attached hydrogens (tertiary/aromatic N) is 2. The molecule has 0 aliphatic heterocycles. The number of anilines is 2. The Morgan fingerprint density at radius 1 is 1.14 bits per heavy atom. The molecule has 2 N–H and O–H groups in total. The van der Waals surface area contributed by atoms with Crippen molar-refractivity contribution >= 4 is 17.4 Å². The first-order chi connectivity index (χ1) is 13.5. The summed E-state index contributed by atoms with van der Waals surface area (Å²) in [5.74, 6) is -0.399. The summed E-state index contributed by atoms with van der Waals surface area (Å²) in [7, 11) is 0. The van der Waals surface area contributed by atoms with Crippen LogP contribution in [0.25, 0.3) is 0 Å². The number of nitriles is 1. The monoisotopic (exact) mass is 376 g/mol. The number of carbonyl (C=O) groups is 1. The average Bonchev–Trinajstić information content (AvgIpc) is 2.67. The Morgan fingerprint density at radius 3 is 2.54 bits per heavy atom. The number of halogens is 1. The molecule has 0 spiro atoms. The highest BCUT2D eigenvalue weighted by atomic mass is 19.1. The van der Waals surface area contributed by atoms with Gasteiger partial charge in [-0.25, -0.2) is 9.18 Å². The fourth-order valence-corrected chi connectivity index (χ4v) is 2.72. The molecule has 0 radical (unpaired) electrons. The maximum Gasteiger partial charge on any atom is 0.323 e. The van der Waals surface area contributed by atoms with Crippen LogP contribution in [-0.2, 0) is 6.54 Å². The van der Waals surface area contributed by atoms with Gasteiger partial charge in [0, 0.05) is 17.4 Å². The predicted molar refractivity (Wildman–Crippen MR) is 105 cm³/mol. The Kier molecular flexibility index (Phi) is 5.51. The van der Waals surface area contributed by atoms with Crippen molar-refractivity contribution in [3.63, 3.8) is 0 Å². The molecule has 0 fully saturated rings. The number of benzene rings is 2. The smallest absolute Gasteiger partial charge is 0.309 e. The van der Waals surface area contributed by atoms with Crippen LogP contribution in [0.1, 0.15) is 16.7 Å². The molecule has 140 valence electrons. The van der Waals surface area contributed by atoms with Gasteiger partial charge in [-0.1, -0.05) is 18.2 Å². The molecule has 0 saturated heterocycles. The molecule has 1 heterocycles. The molecule has 3 aromatic rings. The number of hydrogen-bond acceptors (Lipinski definition) is 3. The highest BCUT2D eigenvalue weighted by Gasteiger charge is 2.11. The number of amides is 2. The number of nitrogens with one attached hydrogen (secondary N) is 2. The van der Waals surface area contributed by atoms with E-state index in [9.17, 15) is 14.0 Å². The van der Waals surface area contributed by atoms with Crippen molar-refractivity contribution in [2.24, 2.45) is 0 Å². The zero-order valence-corrected chi connectivity index (χ0v) is 15.1. The molecule has 0 aliphatic carbocycles. The molecule has 7 heteroatoms. The minimum atomic E-state index is -0.593. The SMILES string of the molecule is Cc1cc(NC(=O)Nc2ccc(C#N)cc2)c(=O)n(Cc2ccccc2F)c1. The Hall–Kier alpha value is -3.92. The number of aryl methyl sites for hydroxylation is 1. The molecule has 0 unspecified atom stereocenters. The Labute approximate surface area is 160 Å². The Morgan fingerprint density at radius 2 is 1.86 bits per heavy atom. The molecular formula is C21H17FN4O2. The molecule has 0 saturated carbocycles. The second kappa shape index (κ2) is 8.18. The second-order valence-electron chi connectivity index (χ2n) is 6.22. The fraction of sp³-hybridized carbons (Fsp3) is 0.0952. The molecule has 2 aromatic carbocycles. The van der Waals surface area contributed by atoms with E-state index in [1.54, 1.807) is 61.7 Å². The highest BCUT2D eigenvalue weighted by molar-refractivity contribution is 5.99. The van der Waals surface area contributed by atoms with Gasteiger partial charge >= 0.3 is 6.03 Å². The molecule has 0 atom stereocenters. The van der Waals surface area contributed by atoms with Crippen LogP contribution < -0.4 is 16.2 Å². The van der Waals surface area contributed by atoms with Crippen LogP contribution in [-0.4, -0.2) is 10.6 Å². The van der Waals surface area contributed by atoms with E-state index in [0.717, 1.165) is 5.56 Å². The van der Waals surface area contributed by atoms with Gasteiger partial charge in [0.1, 0.15) is 11.5 Å². The summed E-state index contributed by atoms with van der Waals surface area (Å²) in [4.78, 5) is 24.9. The van der Waals surface area contributed by atoms with Gasteiger partial charge in [0.05, 0.1) is 18.2 Å². The van der Waals surface area contributed by atoms with Crippen molar-refractivity contribution in [3.05, 3.63) is 93.7 Å². The van der Waals surface area contributed by atoms with Crippen LogP contribution >= 0.6 is 0 Å². The van der Waals surface area contributed by atoms with Gasteiger partial charge in [-0.05, 0) is 48.9 Å². The maximum absolute atomic E-state index is 13.9. The summed E-state index contributed by atoms with van der Waals surface area (Å²) in [6.07, 6.45) is 1.61. The van der Waals surface area contributed by atoms with E-state index in [2.05, 4.69) is 10.6 Å². The fourth-order valence-electron chi connectivity index (χ4n) is 2.72. The minimum absolute atomic E-state index is 0.0547. The second-order valence-corrected chi connectivity index (χ2v) is 6.22. The lowest BCUT2D eigenvalue weighted by Crippen LogP contribution is -2.28.